The van der Waals surface area contributed by atoms with Crippen molar-refractivity contribution in [3.63, 3.8) is 0 Å². The zero-order valence-electron chi connectivity index (χ0n) is 30.1. The summed E-state index contributed by atoms with van der Waals surface area (Å²) >= 11 is 4.12. The molecule has 0 bridgehead atoms. The first-order chi connectivity index (χ1) is 28.2. The summed E-state index contributed by atoms with van der Waals surface area (Å²) in [7, 11) is 0. The maximum Gasteiger partial charge on any atom is 0.333 e. The monoisotopic (exact) mass is 814 g/mol. The van der Waals surface area contributed by atoms with Gasteiger partial charge in [0.25, 0.3) is 0 Å². The number of ketones is 4. The molecule has 0 saturated carbocycles. The minimum absolute atomic E-state index is 0.0938. The lowest BCUT2D eigenvalue weighted by molar-refractivity contribution is -0.164. The standard InChI is InChI=1S/C47H26O8S3/c48-38-29-15-7-8-16-30(29)39(49)33(38)19-27-20-35-37(47(27,45(52)54-23-25-11-3-1-4-12-25)46(53)55-24-26-13-5-2-6-14-26)43-44(57-35)42-36(58-43)22-28(56-42)21-34-40(50)31-17-9-10-18-32(31)41(34)51/h1-22H,23-24H2. The molecule has 10 rings (SSSR count). The average molecular weight is 815 g/mol. The molecule has 0 spiro atoms. The number of rotatable bonds is 8. The molecule has 3 aromatic heterocycles. The van der Waals surface area contributed by atoms with Crippen molar-refractivity contribution in [1.29, 1.82) is 0 Å². The van der Waals surface area contributed by atoms with E-state index in [1.807, 2.05) is 42.5 Å². The van der Waals surface area contributed by atoms with Gasteiger partial charge >= 0.3 is 11.9 Å². The third-order valence-corrected chi connectivity index (χ3v) is 14.4. The molecule has 58 heavy (non-hydrogen) atoms. The van der Waals surface area contributed by atoms with E-state index < -0.39 is 28.9 Å². The molecule has 280 valence electrons. The molecule has 7 aromatic rings. The second-order valence-electron chi connectivity index (χ2n) is 13.9. The molecule has 3 aliphatic rings. The highest BCUT2D eigenvalue weighted by Crippen LogP contribution is 2.57. The Morgan fingerprint density at radius 3 is 1.50 bits per heavy atom. The number of thiophene rings is 3. The van der Waals surface area contributed by atoms with Crippen molar-refractivity contribution >= 4 is 100 Å². The van der Waals surface area contributed by atoms with Crippen LogP contribution in [0, 0.1) is 0 Å². The molecule has 0 atom stereocenters. The maximum atomic E-state index is 15.0. The van der Waals surface area contributed by atoms with Gasteiger partial charge in [-0.15, -0.1) is 34.0 Å². The predicted molar refractivity (Wildman–Crippen MR) is 223 cm³/mol. The van der Waals surface area contributed by atoms with Gasteiger partial charge in [-0.25, -0.2) is 0 Å². The van der Waals surface area contributed by atoms with E-state index in [1.54, 1.807) is 84.9 Å². The molecule has 0 saturated heterocycles. The number of ether oxygens (including phenoxy) is 2. The molecule has 0 radical (unpaired) electrons. The van der Waals surface area contributed by atoms with E-state index in [2.05, 4.69) is 0 Å². The molecule has 4 aromatic carbocycles. The van der Waals surface area contributed by atoms with Crippen molar-refractivity contribution in [3.05, 3.63) is 187 Å². The molecular weight excluding hydrogens is 789 g/mol. The van der Waals surface area contributed by atoms with Crippen LogP contribution in [-0.4, -0.2) is 35.1 Å². The number of esters is 2. The summed E-state index contributed by atoms with van der Waals surface area (Å²) in [4.78, 5) is 85.2. The van der Waals surface area contributed by atoms with Crippen LogP contribution in [0.2, 0.25) is 0 Å². The van der Waals surface area contributed by atoms with Crippen molar-refractivity contribution in [2.75, 3.05) is 0 Å². The molecule has 3 aliphatic carbocycles. The number of hydrogen-bond acceptors (Lipinski definition) is 11. The van der Waals surface area contributed by atoms with E-state index in [1.165, 1.54) is 40.1 Å². The van der Waals surface area contributed by atoms with Gasteiger partial charge in [-0.05, 0) is 41.0 Å². The van der Waals surface area contributed by atoms with E-state index in [-0.39, 0.29) is 52.6 Å². The lowest BCUT2D eigenvalue weighted by Gasteiger charge is -2.28. The van der Waals surface area contributed by atoms with E-state index in [0.717, 1.165) is 14.1 Å². The maximum absolute atomic E-state index is 15.0. The highest BCUT2D eigenvalue weighted by Gasteiger charge is 2.59. The Morgan fingerprint density at radius 2 is 1.00 bits per heavy atom. The summed E-state index contributed by atoms with van der Waals surface area (Å²) in [5.41, 5.74) is 0.797. The van der Waals surface area contributed by atoms with Gasteiger partial charge in [-0.3, -0.25) is 28.8 Å². The van der Waals surface area contributed by atoms with E-state index in [4.69, 9.17) is 9.47 Å². The van der Waals surface area contributed by atoms with Crippen molar-refractivity contribution in [2.45, 2.75) is 18.6 Å². The number of carbonyl (C=O) groups excluding carboxylic acids is 6. The van der Waals surface area contributed by atoms with Crippen molar-refractivity contribution in [1.82, 2.24) is 0 Å². The Hall–Kier alpha value is -6.66. The Kier molecular flexibility index (Phi) is 8.48. The molecule has 8 nitrogen and oxygen atoms in total. The average Bonchev–Trinajstić information content (AvgIpc) is 4.06. The predicted octanol–water partition coefficient (Wildman–Crippen LogP) is 9.77. The van der Waals surface area contributed by atoms with Gasteiger partial charge < -0.3 is 9.47 Å². The first kappa shape index (κ1) is 35.7. The van der Waals surface area contributed by atoms with Gasteiger partial charge in [-0.1, -0.05) is 109 Å². The summed E-state index contributed by atoms with van der Waals surface area (Å²) in [5, 5.41) is 0. The second-order valence-corrected chi connectivity index (χ2v) is 17.1. The van der Waals surface area contributed by atoms with Gasteiger partial charge in [0, 0.05) is 42.3 Å². The fourth-order valence-corrected chi connectivity index (χ4v) is 12.1. The lowest BCUT2D eigenvalue weighted by Crippen LogP contribution is -2.46. The lowest BCUT2D eigenvalue weighted by atomic mass is 9.76. The number of carbonyl (C=O) groups is 6. The summed E-state index contributed by atoms with van der Waals surface area (Å²) < 4.78 is 15.2. The van der Waals surface area contributed by atoms with Gasteiger partial charge in [0.05, 0.1) is 25.2 Å². The number of Topliss-reactive ketones (excluding diaryl/α,β-unsaturated/α-hetero) is 4. The Balaban J connectivity index is 1.13. The zero-order chi connectivity index (χ0) is 39.7. The number of benzene rings is 4. The highest BCUT2D eigenvalue weighted by atomic mass is 32.1. The van der Waals surface area contributed by atoms with Crippen LogP contribution in [-0.2, 0) is 37.7 Å². The van der Waals surface area contributed by atoms with E-state index in [0.29, 0.717) is 42.3 Å². The van der Waals surface area contributed by atoms with Crippen molar-refractivity contribution in [3.8, 4) is 0 Å². The molecule has 3 heterocycles. The minimum Gasteiger partial charge on any atom is -0.459 e. The largest absolute Gasteiger partial charge is 0.459 e. The molecule has 0 fully saturated rings. The third-order valence-electron chi connectivity index (χ3n) is 10.6. The number of hydrogen-bond donors (Lipinski definition) is 0. The fraction of sp³-hybridized carbons (Fsp3) is 0.0638. The highest BCUT2D eigenvalue weighted by molar-refractivity contribution is 7.39. The van der Waals surface area contributed by atoms with Crippen LogP contribution in [0.25, 0.3) is 31.0 Å². The second kappa shape index (κ2) is 13.8. The number of fused-ring (bicyclic) bond motifs is 7. The van der Waals surface area contributed by atoms with Crippen LogP contribution in [0.5, 0.6) is 0 Å². The normalized spacial score (nSPS) is 15.1. The van der Waals surface area contributed by atoms with Crippen LogP contribution in [0.3, 0.4) is 0 Å². The van der Waals surface area contributed by atoms with Gasteiger partial charge in [0.15, 0.2) is 23.1 Å². The third kappa shape index (κ3) is 5.46. The zero-order valence-corrected chi connectivity index (χ0v) is 32.6. The Bertz CT molecular complexity index is 2940. The van der Waals surface area contributed by atoms with E-state index in [9.17, 15) is 28.8 Å². The van der Waals surface area contributed by atoms with Crippen LogP contribution < -0.4 is 0 Å². The quantitative estimate of drug-likeness (QED) is 0.0644. The van der Waals surface area contributed by atoms with Gasteiger partial charge in [-0.2, -0.15) is 0 Å². The number of allylic oxidation sites excluding steroid dienone is 3. The Labute approximate surface area is 342 Å². The first-order valence-corrected chi connectivity index (χ1v) is 20.6. The van der Waals surface area contributed by atoms with Crippen LogP contribution >= 0.6 is 34.0 Å². The molecule has 0 amide bonds. The fourth-order valence-electron chi connectivity index (χ4n) is 7.78. The van der Waals surface area contributed by atoms with Gasteiger partial charge in [0.1, 0.15) is 13.2 Å². The smallest absolute Gasteiger partial charge is 0.333 e. The topological polar surface area (TPSA) is 121 Å². The van der Waals surface area contributed by atoms with Gasteiger partial charge in [0.2, 0.25) is 5.41 Å². The van der Waals surface area contributed by atoms with Crippen LogP contribution in [0.4, 0.5) is 0 Å². The molecule has 0 aliphatic heterocycles. The van der Waals surface area contributed by atoms with Crippen LogP contribution in [0.15, 0.2) is 138 Å². The minimum atomic E-state index is -2.22. The summed E-state index contributed by atoms with van der Waals surface area (Å²) in [6, 6.07) is 33.3. The summed E-state index contributed by atoms with van der Waals surface area (Å²) in [6.45, 7) is -0.302. The molecular formula is C47H26O8S3. The van der Waals surface area contributed by atoms with Crippen LogP contribution in [0.1, 0.15) is 67.9 Å². The van der Waals surface area contributed by atoms with E-state index >= 15 is 0 Å². The SMILES string of the molecule is O=C1C(=CC2=Cc3sc4c(sc5cc(C=C6C(=O)c7ccccc7C6=O)sc54)c3C2(C(=O)OCc2ccccc2)C(=O)OCc2ccccc2)C(=O)c2ccccc21. The van der Waals surface area contributed by atoms with Crippen molar-refractivity contribution < 1.29 is 38.2 Å². The molecule has 0 unspecified atom stereocenters. The summed E-state index contributed by atoms with van der Waals surface area (Å²) in [5.74, 6) is -3.48. The Morgan fingerprint density at radius 1 is 0.534 bits per heavy atom. The molecule has 0 N–H and O–H groups in total. The summed E-state index contributed by atoms with van der Waals surface area (Å²) in [6.07, 6.45) is 4.65. The first-order valence-electron chi connectivity index (χ1n) is 18.2. The van der Waals surface area contributed by atoms with Crippen molar-refractivity contribution in [2.24, 2.45) is 0 Å². The molecule has 11 heteroatoms.